The van der Waals surface area contributed by atoms with Crippen molar-refractivity contribution in [2.45, 2.75) is 25.4 Å². The van der Waals surface area contributed by atoms with Gasteiger partial charge in [0, 0.05) is 55.9 Å². The van der Waals surface area contributed by atoms with Crippen LogP contribution in [0.2, 0.25) is 0 Å². The van der Waals surface area contributed by atoms with Crippen LogP contribution in [0.1, 0.15) is 29.2 Å². The minimum Gasteiger partial charge on any atom is -0.477 e. The van der Waals surface area contributed by atoms with Crippen molar-refractivity contribution in [2.24, 2.45) is 0 Å². The first kappa shape index (κ1) is 21.1. The number of fused-ring (bicyclic) bond motifs is 1. The number of halogens is 1. The fraction of sp³-hybridized carbons (Fsp3) is 0.333. The van der Waals surface area contributed by atoms with Crippen molar-refractivity contribution in [1.82, 2.24) is 9.47 Å². The SMILES string of the molecule is O=C(O)c1cn(C2CC2)c2cc(N3CCN(C(=O)C[n+]4ccccc4)CC3)c(F)cc2c1=O. The molecule has 1 aliphatic heterocycles. The number of aromatic carboxylic acids is 1. The van der Waals surface area contributed by atoms with Crippen molar-refractivity contribution in [1.29, 1.82) is 0 Å². The van der Waals surface area contributed by atoms with E-state index in [4.69, 9.17) is 0 Å². The molecule has 2 aromatic heterocycles. The lowest BCUT2D eigenvalue weighted by Crippen LogP contribution is -2.52. The highest BCUT2D eigenvalue weighted by molar-refractivity contribution is 5.93. The summed E-state index contributed by atoms with van der Waals surface area (Å²) in [6.45, 7) is 2.13. The number of amides is 1. The molecule has 1 aromatic carbocycles. The van der Waals surface area contributed by atoms with Gasteiger partial charge in [-0.1, -0.05) is 6.07 Å². The third kappa shape index (κ3) is 4.06. The molecule has 0 radical (unpaired) electrons. The number of carboxylic acids is 1. The van der Waals surface area contributed by atoms with Crippen LogP contribution in [0.5, 0.6) is 0 Å². The van der Waals surface area contributed by atoms with Gasteiger partial charge in [0.05, 0.1) is 11.2 Å². The number of carbonyl (C=O) groups excluding carboxylic acids is 1. The Morgan fingerprint density at radius 1 is 1.06 bits per heavy atom. The normalized spacial score (nSPS) is 16.3. The Kier molecular flexibility index (Phi) is 5.32. The predicted octanol–water partition coefficient (Wildman–Crippen LogP) is 1.81. The largest absolute Gasteiger partial charge is 0.477 e. The Balaban J connectivity index is 1.39. The van der Waals surface area contributed by atoms with Gasteiger partial charge in [-0.05, 0) is 25.0 Å². The first-order valence-corrected chi connectivity index (χ1v) is 11.0. The molecule has 1 amide bonds. The smallest absolute Gasteiger partial charge is 0.341 e. The van der Waals surface area contributed by atoms with E-state index in [-0.39, 0.29) is 29.4 Å². The van der Waals surface area contributed by atoms with E-state index in [9.17, 15) is 19.5 Å². The second kappa shape index (κ2) is 8.31. The number of aromatic nitrogens is 2. The lowest BCUT2D eigenvalue weighted by molar-refractivity contribution is -0.685. The van der Waals surface area contributed by atoms with Crippen molar-refractivity contribution >= 4 is 28.5 Å². The van der Waals surface area contributed by atoms with Crippen LogP contribution in [0.4, 0.5) is 10.1 Å². The standard InChI is InChI=1S/C24H23FN4O4/c25-19-12-17-20(29(16-4-5-16)14-18(23(17)31)24(32)33)13-21(19)27-8-10-28(11-9-27)22(30)15-26-6-2-1-3-7-26/h1-3,6-7,12-14,16H,4-5,8-11,15H2/p+1. The monoisotopic (exact) mass is 451 g/mol. The van der Waals surface area contributed by atoms with Gasteiger partial charge in [0.1, 0.15) is 11.4 Å². The summed E-state index contributed by atoms with van der Waals surface area (Å²) in [6.07, 6.45) is 6.85. The van der Waals surface area contributed by atoms with E-state index in [2.05, 4.69) is 0 Å². The quantitative estimate of drug-likeness (QED) is 0.598. The Morgan fingerprint density at radius 2 is 1.76 bits per heavy atom. The predicted molar refractivity (Wildman–Crippen MR) is 119 cm³/mol. The average Bonchev–Trinajstić information content (AvgIpc) is 3.65. The zero-order chi connectivity index (χ0) is 23.1. The van der Waals surface area contributed by atoms with Gasteiger partial charge < -0.3 is 19.5 Å². The Labute approximate surface area is 189 Å². The molecule has 9 heteroatoms. The first-order valence-electron chi connectivity index (χ1n) is 11.0. The Morgan fingerprint density at radius 3 is 2.39 bits per heavy atom. The van der Waals surface area contributed by atoms with Gasteiger partial charge >= 0.3 is 5.97 Å². The number of nitrogens with zero attached hydrogens (tertiary/aromatic N) is 4. The minimum absolute atomic E-state index is 0.00797. The molecule has 0 spiro atoms. The maximum Gasteiger partial charge on any atom is 0.341 e. The van der Waals surface area contributed by atoms with E-state index < -0.39 is 17.2 Å². The fourth-order valence-electron chi connectivity index (χ4n) is 4.40. The molecule has 1 saturated heterocycles. The van der Waals surface area contributed by atoms with Crippen molar-refractivity contribution in [3.8, 4) is 0 Å². The highest BCUT2D eigenvalue weighted by Gasteiger charge is 2.29. The number of rotatable bonds is 5. The van der Waals surface area contributed by atoms with Crippen molar-refractivity contribution in [2.75, 3.05) is 31.1 Å². The summed E-state index contributed by atoms with van der Waals surface area (Å²) in [5.74, 6) is -1.87. The van der Waals surface area contributed by atoms with Crippen LogP contribution in [0.15, 0.2) is 53.7 Å². The van der Waals surface area contributed by atoms with Crippen molar-refractivity contribution < 1.29 is 23.7 Å². The van der Waals surface area contributed by atoms with Crippen LogP contribution in [-0.4, -0.2) is 52.6 Å². The van der Waals surface area contributed by atoms with Gasteiger partial charge in [-0.2, -0.15) is 4.57 Å². The number of pyridine rings is 2. The summed E-state index contributed by atoms with van der Waals surface area (Å²) in [4.78, 5) is 40.4. The zero-order valence-corrected chi connectivity index (χ0v) is 18.0. The fourth-order valence-corrected chi connectivity index (χ4v) is 4.40. The maximum atomic E-state index is 15.1. The molecule has 1 N–H and O–H groups in total. The van der Waals surface area contributed by atoms with Crippen LogP contribution in [0.25, 0.3) is 10.9 Å². The van der Waals surface area contributed by atoms with Gasteiger partial charge in [0.25, 0.3) is 5.91 Å². The first-order chi connectivity index (χ1) is 15.9. The van der Waals surface area contributed by atoms with Crippen LogP contribution >= 0.6 is 0 Å². The molecular weight excluding hydrogens is 427 g/mol. The Bertz CT molecular complexity index is 1300. The van der Waals surface area contributed by atoms with E-state index in [1.54, 1.807) is 15.5 Å². The minimum atomic E-state index is -1.31. The maximum absolute atomic E-state index is 15.1. The second-order valence-corrected chi connectivity index (χ2v) is 8.55. The molecule has 2 fully saturated rings. The summed E-state index contributed by atoms with van der Waals surface area (Å²) in [6, 6.07) is 8.55. The van der Waals surface area contributed by atoms with Crippen LogP contribution in [0, 0.1) is 5.82 Å². The summed E-state index contributed by atoms with van der Waals surface area (Å²) in [5.41, 5.74) is -0.106. The molecule has 0 atom stereocenters. The molecule has 1 saturated carbocycles. The zero-order valence-electron chi connectivity index (χ0n) is 18.0. The van der Waals surface area contributed by atoms with Gasteiger partial charge in [0.15, 0.2) is 12.4 Å². The molecule has 33 heavy (non-hydrogen) atoms. The van der Waals surface area contributed by atoms with E-state index >= 15 is 4.39 Å². The molecule has 3 heterocycles. The molecule has 170 valence electrons. The second-order valence-electron chi connectivity index (χ2n) is 8.55. The number of hydrogen-bond donors (Lipinski definition) is 1. The molecular formula is C24H24FN4O4+. The third-order valence-corrected chi connectivity index (χ3v) is 6.34. The lowest BCUT2D eigenvalue weighted by Gasteiger charge is -2.36. The number of anilines is 1. The van der Waals surface area contributed by atoms with E-state index in [0.717, 1.165) is 18.9 Å². The number of hydrogen-bond acceptors (Lipinski definition) is 4. The summed E-state index contributed by atoms with van der Waals surface area (Å²) >= 11 is 0. The molecule has 8 nitrogen and oxygen atoms in total. The van der Waals surface area contributed by atoms with E-state index in [0.29, 0.717) is 37.4 Å². The van der Waals surface area contributed by atoms with Gasteiger partial charge in [-0.3, -0.25) is 9.59 Å². The highest BCUT2D eigenvalue weighted by Crippen LogP contribution is 2.38. The molecule has 0 bridgehead atoms. The van der Waals surface area contributed by atoms with Crippen molar-refractivity contribution in [3.63, 3.8) is 0 Å². The number of benzene rings is 1. The molecule has 5 rings (SSSR count). The third-order valence-electron chi connectivity index (χ3n) is 6.34. The topological polar surface area (TPSA) is 86.7 Å². The van der Waals surface area contributed by atoms with Crippen LogP contribution in [-0.2, 0) is 11.3 Å². The molecule has 1 aliphatic carbocycles. The molecule has 3 aromatic rings. The summed E-state index contributed by atoms with van der Waals surface area (Å²) in [5, 5.41) is 9.47. The number of carboxylic acid groups (broad SMARTS) is 1. The number of carbonyl (C=O) groups is 2. The van der Waals surface area contributed by atoms with Gasteiger partial charge in [-0.15, -0.1) is 0 Å². The highest BCUT2D eigenvalue weighted by atomic mass is 19.1. The lowest BCUT2D eigenvalue weighted by atomic mass is 10.1. The molecule has 0 unspecified atom stereocenters. The molecule has 2 aliphatic rings. The van der Waals surface area contributed by atoms with E-state index in [1.165, 1.54) is 6.20 Å². The Hall–Kier alpha value is -3.75. The summed E-state index contributed by atoms with van der Waals surface area (Å²) < 4.78 is 18.7. The summed E-state index contributed by atoms with van der Waals surface area (Å²) in [7, 11) is 0. The van der Waals surface area contributed by atoms with Gasteiger partial charge in [-0.25, -0.2) is 9.18 Å². The van der Waals surface area contributed by atoms with Gasteiger partial charge in [0.2, 0.25) is 12.0 Å². The van der Waals surface area contributed by atoms with E-state index in [1.807, 2.05) is 40.1 Å². The van der Waals surface area contributed by atoms with Crippen LogP contribution in [0.3, 0.4) is 0 Å². The number of piperazine rings is 1. The van der Waals surface area contributed by atoms with Crippen molar-refractivity contribution in [3.05, 3.63) is 70.5 Å². The van der Waals surface area contributed by atoms with Crippen LogP contribution < -0.4 is 14.9 Å². The average molecular weight is 451 g/mol.